The standard InChI is InChI=1S/C13H10BrClN2O2/c14-9-4-1-2-6-11(9)19-8-12(18)17-10-5-3-7-16-13(10)15/h1-7H,8H2,(H,17,18). The SMILES string of the molecule is O=C(COc1ccccc1Br)Nc1cccnc1Cl. The number of nitrogens with one attached hydrogen (secondary N) is 1. The minimum atomic E-state index is -0.300. The fourth-order valence-corrected chi connectivity index (χ4v) is 1.94. The lowest BCUT2D eigenvalue weighted by atomic mass is 10.3. The van der Waals surface area contributed by atoms with Gasteiger partial charge in [-0.05, 0) is 40.2 Å². The maximum Gasteiger partial charge on any atom is 0.262 e. The highest BCUT2D eigenvalue weighted by Gasteiger charge is 2.08. The van der Waals surface area contributed by atoms with Crippen molar-refractivity contribution in [2.75, 3.05) is 11.9 Å². The highest BCUT2D eigenvalue weighted by atomic mass is 79.9. The van der Waals surface area contributed by atoms with Gasteiger partial charge in [-0.1, -0.05) is 23.7 Å². The van der Waals surface area contributed by atoms with Crippen LogP contribution in [0.2, 0.25) is 5.15 Å². The van der Waals surface area contributed by atoms with Gasteiger partial charge in [0.25, 0.3) is 5.91 Å². The number of rotatable bonds is 4. The molecule has 2 aromatic rings. The number of halogens is 2. The molecule has 0 radical (unpaired) electrons. The first-order valence-corrected chi connectivity index (χ1v) is 6.61. The molecular weight excluding hydrogens is 332 g/mol. The Bertz CT molecular complexity index is 592. The predicted octanol–water partition coefficient (Wildman–Crippen LogP) is 3.52. The average molecular weight is 342 g/mol. The van der Waals surface area contributed by atoms with Gasteiger partial charge in [-0.2, -0.15) is 0 Å². The van der Waals surface area contributed by atoms with E-state index in [1.54, 1.807) is 24.4 Å². The van der Waals surface area contributed by atoms with E-state index in [-0.39, 0.29) is 17.7 Å². The third kappa shape index (κ3) is 3.94. The number of para-hydroxylation sites is 1. The first-order valence-electron chi connectivity index (χ1n) is 5.44. The van der Waals surface area contributed by atoms with Crippen LogP contribution in [-0.2, 0) is 4.79 Å². The molecule has 0 aliphatic rings. The van der Waals surface area contributed by atoms with Crippen molar-refractivity contribution in [2.45, 2.75) is 0 Å². The molecule has 1 aromatic heterocycles. The number of benzene rings is 1. The van der Waals surface area contributed by atoms with E-state index in [9.17, 15) is 4.79 Å². The van der Waals surface area contributed by atoms with Crippen LogP contribution in [0.3, 0.4) is 0 Å². The van der Waals surface area contributed by atoms with Gasteiger partial charge in [0, 0.05) is 6.20 Å². The molecule has 0 atom stereocenters. The van der Waals surface area contributed by atoms with Crippen LogP contribution in [0.25, 0.3) is 0 Å². The van der Waals surface area contributed by atoms with Crippen LogP contribution in [0.15, 0.2) is 47.1 Å². The van der Waals surface area contributed by atoms with E-state index in [1.165, 1.54) is 0 Å². The fraction of sp³-hybridized carbons (Fsp3) is 0.0769. The van der Waals surface area contributed by atoms with Crippen molar-refractivity contribution < 1.29 is 9.53 Å². The Balaban J connectivity index is 1.92. The van der Waals surface area contributed by atoms with Gasteiger partial charge in [0.1, 0.15) is 5.75 Å². The number of anilines is 1. The summed E-state index contributed by atoms with van der Waals surface area (Å²) in [5.41, 5.74) is 0.463. The van der Waals surface area contributed by atoms with Crippen molar-refractivity contribution in [3.05, 3.63) is 52.2 Å². The largest absolute Gasteiger partial charge is 0.483 e. The maximum atomic E-state index is 11.7. The lowest BCUT2D eigenvalue weighted by Crippen LogP contribution is -2.20. The lowest BCUT2D eigenvalue weighted by molar-refractivity contribution is -0.118. The molecule has 1 amide bonds. The van der Waals surface area contributed by atoms with Gasteiger partial charge in [-0.25, -0.2) is 4.98 Å². The van der Waals surface area contributed by atoms with Crippen molar-refractivity contribution >= 4 is 39.1 Å². The molecule has 4 nitrogen and oxygen atoms in total. The number of hydrogen-bond acceptors (Lipinski definition) is 3. The van der Waals surface area contributed by atoms with E-state index < -0.39 is 0 Å². The molecule has 0 fully saturated rings. The van der Waals surface area contributed by atoms with Crippen LogP contribution >= 0.6 is 27.5 Å². The van der Waals surface area contributed by atoms with Crippen molar-refractivity contribution in [1.82, 2.24) is 4.98 Å². The first-order chi connectivity index (χ1) is 9.16. The Labute approximate surface area is 123 Å². The highest BCUT2D eigenvalue weighted by Crippen LogP contribution is 2.23. The minimum Gasteiger partial charge on any atom is -0.483 e. The second-order valence-corrected chi connectivity index (χ2v) is 4.82. The molecule has 0 saturated carbocycles. The van der Waals surface area contributed by atoms with Crippen molar-refractivity contribution in [1.29, 1.82) is 0 Å². The zero-order chi connectivity index (χ0) is 13.7. The smallest absolute Gasteiger partial charge is 0.262 e. The molecule has 0 aliphatic carbocycles. The molecule has 1 aromatic carbocycles. The number of carbonyl (C=O) groups is 1. The summed E-state index contributed by atoms with van der Waals surface area (Å²) in [7, 11) is 0. The summed E-state index contributed by atoms with van der Waals surface area (Å²) >= 11 is 9.17. The van der Waals surface area contributed by atoms with Gasteiger partial charge < -0.3 is 10.1 Å². The highest BCUT2D eigenvalue weighted by molar-refractivity contribution is 9.10. The number of carbonyl (C=O) groups excluding carboxylic acids is 1. The van der Waals surface area contributed by atoms with Gasteiger partial charge >= 0.3 is 0 Å². The van der Waals surface area contributed by atoms with Gasteiger partial charge in [0.2, 0.25) is 0 Å². The second kappa shape index (κ2) is 6.54. The van der Waals surface area contributed by atoms with Crippen LogP contribution in [0.1, 0.15) is 0 Å². The molecule has 0 spiro atoms. The summed E-state index contributed by atoms with van der Waals surface area (Å²) < 4.78 is 6.18. The Morgan fingerprint density at radius 2 is 2.11 bits per heavy atom. The average Bonchev–Trinajstić information content (AvgIpc) is 2.40. The van der Waals surface area contributed by atoms with E-state index in [1.807, 2.05) is 18.2 Å². The Morgan fingerprint density at radius 3 is 2.84 bits per heavy atom. The van der Waals surface area contributed by atoms with Crippen LogP contribution in [-0.4, -0.2) is 17.5 Å². The van der Waals surface area contributed by atoms with Crippen molar-refractivity contribution in [3.8, 4) is 5.75 Å². The summed E-state index contributed by atoms with van der Waals surface area (Å²) in [4.78, 5) is 15.6. The van der Waals surface area contributed by atoms with E-state index in [2.05, 4.69) is 26.2 Å². The molecule has 1 heterocycles. The summed E-state index contributed by atoms with van der Waals surface area (Å²) in [5, 5.41) is 2.87. The van der Waals surface area contributed by atoms with E-state index in [0.717, 1.165) is 4.47 Å². The van der Waals surface area contributed by atoms with Crippen LogP contribution in [0.5, 0.6) is 5.75 Å². The normalized spacial score (nSPS) is 10.0. The Morgan fingerprint density at radius 1 is 1.32 bits per heavy atom. The summed E-state index contributed by atoms with van der Waals surface area (Å²) in [6, 6.07) is 10.7. The number of amides is 1. The quantitative estimate of drug-likeness (QED) is 0.866. The lowest BCUT2D eigenvalue weighted by Gasteiger charge is -2.09. The van der Waals surface area contributed by atoms with Crippen LogP contribution < -0.4 is 10.1 Å². The van der Waals surface area contributed by atoms with Crippen molar-refractivity contribution in [2.24, 2.45) is 0 Å². The molecule has 0 saturated heterocycles. The van der Waals surface area contributed by atoms with Crippen molar-refractivity contribution in [3.63, 3.8) is 0 Å². The maximum absolute atomic E-state index is 11.7. The van der Waals surface area contributed by atoms with Gasteiger partial charge in [-0.3, -0.25) is 4.79 Å². The molecule has 0 aliphatic heterocycles. The number of hydrogen-bond donors (Lipinski definition) is 1. The fourth-order valence-electron chi connectivity index (χ4n) is 1.37. The topological polar surface area (TPSA) is 51.2 Å². The molecule has 0 bridgehead atoms. The monoisotopic (exact) mass is 340 g/mol. The number of pyridine rings is 1. The number of aromatic nitrogens is 1. The summed E-state index contributed by atoms with van der Waals surface area (Å²) in [5.74, 6) is 0.306. The molecule has 98 valence electrons. The number of ether oxygens (including phenoxy) is 1. The molecule has 0 unspecified atom stereocenters. The van der Waals surface area contributed by atoms with E-state index in [0.29, 0.717) is 11.4 Å². The first kappa shape index (κ1) is 13.8. The van der Waals surface area contributed by atoms with E-state index in [4.69, 9.17) is 16.3 Å². The van der Waals surface area contributed by atoms with E-state index >= 15 is 0 Å². The zero-order valence-corrected chi connectivity index (χ0v) is 12.1. The zero-order valence-electron chi connectivity index (χ0n) is 9.77. The Kier molecular flexibility index (Phi) is 4.76. The van der Waals surface area contributed by atoms with Gasteiger partial charge in [0.05, 0.1) is 10.2 Å². The second-order valence-electron chi connectivity index (χ2n) is 3.61. The van der Waals surface area contributed by atoms with Gasteiger partial charge in [0.15, 0.2) is 11.8 Å². The third-order valence-electron chi connectivity index (χ3n) is 2.23. The molecule has 19 heavy (non-hydrogen) atoms. The minimum absolute atomic E-state index is 0.103. The Hall–Kier alpha value is -1.59. The molecule has 2 rings (SSSR count). The third-order valence-corrected chi connectivity index (χ3v) is 3.18. The van der Waals surface area contributed by atoms with Crippen LogP contribution in [0, 0.1) is 0 Å². The number of nitrogens with zero attached hydrogens (tertiary/aromatic N) is 1. The molecule has 1 N–H and O–H groups in total. The van der Waals surface area contributed by atoms with Gasteiger partial charge in [-0.15, -0.1) is 0 Å². The van der Waals surface area contributed by atoms with Crippen LogP contribution in [0.4, 0.5) is 5.69 Å². The summed E-state index contributed by atoms with van der Waals surface area (Å²) in [6.07, 6.45) is 1.55. The molecular formula is C13H10BrClN2O2. The molecule has 6 heteroatoms. The summed E-state index contributed by atoms with van der Waals surface area (Å²) in [6.45, 7) is -0.103. The predicted molar refractivity (Wildman–Crippen MR) is 77.5 cm³/mol.